The summed E-state index contributed by atoms with van der Waals surface area (Å²) in [6.07, 6.45) is 4.75. The maximum atomic E-state index is 11.9. The zero-order valence-electron chi connectivity index (χ0n) is 15.9. The Kier molecular flexibility index (Phi) is 5.01. The molecule has 1 atom stereocenters. The van der Waals surface area contributed by atoms with Gasteiger partial charge < -0.3 is 14.7 Å². The first-order valence-electron chi connectivity index (χ1n) is 9.41. The van der Waals surface area contributed by atoms with Gasteiger partial charge in [-0.1, -0.05) is 23.4 Å². The van der Waals surface area contributed by atoms with Crippen molar-refractivity contribution in [3.05, 3.63) is 48.1 Å². The standard InChI is InChI=1S/C20H22N6O2/c1-3-21-18-11-22-16(10-23-18)20-24-19(28-25-20)9-8-14-12-26(13(2)27)17-7-5-4-6-15(14)17/h4-7,10-11,14H,3,8-9,12H2,1-2H3,(H,21,23). The SMILES string of the molecule is CCNc1cnc(-c2noc(CCC3CN(C(C)=O)c4ccccc43)n2)cn1. The zero-order chi connectivity index (χ0) is 19.5. The molecule has 1 aliphatic heterocycles. The molecule has 4 rings (SSSR count). The van der Waals surface area contributed by atoms with Crippen LogP contribution in [-0.4, -0.2) is 39.1 Å². The molecule has 144 valence electrons. The van der Waals surface area contributed by atoms with Crippen molar-refractivity contribution in [3.63, 3.8) is 0 Å². The summed E-state index contributed by atoms with van der Waals surface area (Å²) in [7, 11) is 0. The number of anilines is 2. The Bertz CT molecular complexity index is 969. The predicted octanol–water partition coefficient (Wildman–Crippen LogP) is 3.04. The number of amides is 1. The molecule has 1 N–H and O–H groups in total. The van der Waals surface area contributed by atoms with Crippen LogP contribution in [0.5, 0.6) is 0 Å². The minimum absolute atomic E-state index is 0.0645. The maximum absolute atomic E-state index is 11.9. The molecular formula is C20H22N6O2. The van der Waals surface area contributed by atoms with Crippen molar-refractivity contribution in [3.8, 4) is 11.5 Å². The fraction of sp³-hybridized carbons (Fsp3) is 0.350. The molecule has 28 heavy (non-hydrogen) atoms. The minimum atomic E-state index is 0.0645. The molecule has 1 aliphatic rings. The van der Waals surface area contributed by atoms with Crippen LogP contribution in [0.4, 0.5) is 11.5 Å². The van der Waals surface area contributed by atoms with Gasteiger partial charge in [0.1, 0.15) is 11.5 Å². The lowest BCUT2D eigenvalue weighted by Gasteiger charge is -2.14. The molecule has 0 spiro atoms. The second-order valence-electron chi connectivity index (χ2n) is 6.75. The van der Waals surface area contributed by atoms with Crippen LogP contribution in [-0.2, 0) is 11.2 Å². The van der Waals surface area contributed by atoms with Crippen molar-refractivity contribution in [1.82, 2.24) is 20.1 Å². The summed E-state index contributed by atoms with van der Waals surface area (Å²) < 4.78 is 5.39. The third kappa shape index (κ3) is 3.58. The van der Waals surface area contributed by atoms with Gasteiger partial charge in [-0.2, -0.15) is 4.98 Å². The van der Waals surface area contributed by atoms with Crippen LogP contribution in [0, 0.1) is 0 Å². The van der Waals surface area contributed by atoms with Crippen LogP contribution in [0.25, 0.3) is 11.5 Å². The lowest BCUT2D eigenvalue weighted by molar-refractivity contribution is -0.116. The number of carbonyl (C=O) groups excluding carboxylic acids is 1. The van der Waals surface area contributed by atoms with Crippen LogP contribution < -0.4 is 10.2 Å². The van der Waals surface area contributed by atoms with Crippen molar-refractivity contribution in [1.29, 1.82) is 0 Å². The number of aromatic nitrogens is 4. The highest BCUT2D eigenvalue weighted by molar-refractivity contribution is 5.94. The van der Waals surface area contributed by atoms with Gasteiger partial charge in [0.15, 0.2) is 0 Å². The fourth-order valence-corrected chi connectivity index (χ4v) is 3.51. The molecule has 0 saturated carbocycles. The average molecular weight is 378 g/mol. The van der Waals surface area contributed by atoms with E-state index in [0.29, 0.717) is 36.2 Å². The lowest BCUT2D eigenvalue weighted by Crippen LogP contribution is -2.27. The first-order valence-corrected chi connectivity index (χ1v) is 9.41. The second-order valence-corrected chi connectivity index (χ2v) is 6.75. The molecular weight excluding hydrogens is 356 g/mol. The highest BCUT2D eigenvalue weighted by atomic mass is 16.5. The van der Waals surface area contributed by atoms with Gasteiger partial charge in [0.2, 0.25) is 17.6 Å². The monoisotopic (exact) mass is 378 g/mol. The molecule has 2 aromatic heterocycles. The Morgan fingerprint density at radius 1 is 1.29 bits per heavy atom. The van der Waals surface area contributed by atoms with E-state index in [0.717, 1.165) is 18.7 Å². The lowest BCUT2D eigenvalue weighted by atomic mass is 9.96. The number of carbonyl (C=O) groups is 1. The summed E-state index contributed by atoms with van der Waals surface area (Å²) in [4.78, 5) is 26.8. The first-order chi connectivity index (χ1) is 13.7. The summed E-state index contributed by atoms with van der Waals surface area (Å²) in [5, 5.41) is 7.12. The zero-order valence-corrected chi connectivity index (χ0v) is 15.9. The summed E-state index contributed by atoms with van der Waals surface area (Å²) in [5.74, 6) is 2.03. The number of hydrogen-bond acceptors (Lipinski definition) is 7. The summed E-state index contributed by atoms with van der Waals surface area (Å²) in [5.41, 5.74) is 2.77. The van der Waals surface area contributed by atoms with E-state index in [2.05, 4.69) is 31.5 Å². The number of nitrogens with one attached hydrogen (secondary N) is 1. The van der Waals surface area contributed by atoms with Crippen LogP contribution in [0.2, 0.25) is 0 Å². The number of rotatable bonds is 6. The van der Waals surface area contributed by atoms with E-state index in [1.54, 1.807) is 19.3 Å². The highest BCUT2D eigenvalue weighted by Crippen LogP contribution is 2.38. The van der Waals surface area contributed by atoms with Gasteiger partial charge in [-0.15, -0.1) is 0 Å². The van der Waals surface area contributed by atoms with E-state index in [4.69, 9.17) is 4.52 Å². The molecule has 0 bridgehead atoms. The van der Waals surface area contributed by atoms with Gasteiger partial charge in [0.25, 0.3) is 0 Å². The smallest absolute Gasteiger partial charge is 0.227 e. The minimum Gasteiger partial charge on any atom is -0.369 e. The van der Waals surface area contributed by atoms with Gasteiger partial charge in [-0.25, -0.2) is 9.97 Å². The fourth-order valence-electron chi connectivity index (χ4n) is 3.51. The molecule has 3 aromatic rings. The molecule has 0 radical (unpaired) electrons. The predicted molar refractivity (Wildman–Crippen MR) is 105 cm³/mol. The molecule has 1 amide bonds. The Labute approximate surface area is 163 Å². The van der Waals surface area contributed by atoms with Crippen molar-refractivity contribution in [2.24, 2.45) is 0 Å². The van der Waals surface area contributed by atoms with Gasteiger partial charge >= 0.3 is 0 Å². The van der Waals surface area contributed by atoms with E-state index in [-0.39, 0.29) is 11.8 Å². The van der Waals surface area contributed by atoms with Crippen LogP contribution in [0.1, 0.15) is 37.6 Å². The largest absolute Gasteiger partial charge is 0.369 e. The molecule has 8 heteroatoms. The quantitative estimate of drug-likeness (QED) is 0.704. The number of para-hydroxylation sites is 1. The second kappa shape index (κ2) is 7.75. The van der Waals surface area contributed by atoms with Crippen LogP contribution >= 0.6 is 0 Å². The van der Waals surface area contributed by atoms with E-state index in [9.17, 15) is 4.79 Å². The normalized spacial score (nSPS) is 15.5. The maximum Gasteiger partial charge on any atom is 0.227 e. The average Bonchev–Trinajstić information content (AvgIpc) is 3.32. The summed E-state index contributed by atoms with van der Waals surface area (Å²) in [6, 6.07) is 8.06. The third-order valence-electron chi connectivity index (χ3n) is 4.86. The van der Waals surface area contributed by atoms with Crippen molar-refractivity contribution >= 4 is 17.4 Å². The van der Waals surface area contributed by atoms with Crippen LogP contribution in [0.3, 0.4) is 0 Å². The highest BCUT2D eigenvalue weighted by Gasteiger charge is 2.30. The third-order valence-corrected chi connectivity index (χ3v) is 4.86. The Morgan fingerprint density at radius 3 is 2.89 bits per heavy atom. The van der Waals surface area contributed by atoms with Crippen LogP contribution in [0.15, 0.2) is 41.2 Å². The number of fused-ring (bicyclic) bond motifs is 1. The molecule has 0 aliphatic carbocycles. The Balaban J connectivity index is 1.43. The number of benzene rings is 1. The summed E-state index contributed by atoms with van der Waals surface area (Å²) in [6.45, 7) is 5.07. The van der Waals surface area contributed by atoms with Gasteiger partial charge in [0.05, 0.1) is 12.4 Å². The van der Waals surface area contributed by atoms with Crippen molar-refractivity contribution in [2.45, 2.75) is 32.6 Å². The topological polar surface area (TPSA) is 97.0 Å². The number of nitrogens with zero attached hydrogens (tertiary/aromatic N) is 5. The van der Waals surface area contributed by atoms with Gasteiger partial charge in [-0.05, 0) is 25.0 Å². The van der Waals surface area contributed by atoms with E-state index in [1.165, 1.54) is 5.56 Å². The Hall–Kier alpha value is -3.29. The molecule has 0 saturated heterocycles. The molecule has 1 aromatic carbocycles. The van der Waals surface area contributed by atoms with Gasteiger partial charge in [0, 0.05) is 38.0 Å². The van der Waals surface area contributed by atoms with E-state index in [1.807, 2.05) is 30.0 Å². The van der Waals surface area contributed by atoms with E-state index >= 15 is 0 Å². The van der Waals surface area contributed by atoms with E-state index < -0.39 is 0 Å². The van der Waals surface area contributed by atoms with Crippen molar-refractivity contribution < 1.29 is 9.32 Å². The first kappa shape index (κ1) is 18.1. The summed E-state index contributed by atoms with van der Waals surface area (Å²) >= 11 is 0. The van der Waals surface area contributed by atoms with Crippen molar-refractivity contribution in [2.75, 3.05) is 23.3 Å². The molecule has 3 heterocycles. The Morgan fingerprint density at radius 2 is 2.14 bits per heavy atom. The molecule has 1 unspecified atom stereocenters. The molecule has 0 fully saturated rings. The number of aryl methyl sites for hydroxylation is 1. The molecule has 8 nitrogen and oxygen atoms in total. The number of hydrogen-bond donors (Lipinski definition) is 1. The van der Waals surface area contributed by atoms with Gasteiger partial charge in [-0.3, -0.25) is 4.79 Å².